The molecule has 0 bridgehead atoms. The summed E-state index contributed by atoms with van der Waals surface area (Å²) in [6, 6.07) is 14.6. The van der Waals surface area contributed by atoms with E-state index in [1.54, 1.807) is 60.8 Å². The Labute approximate surface area is 420 Å². The predicted octanol–water partition coefficient (Wildman–Crippen LogP) is -0.805. The molecule has 384 valence electrons. The van der Waals surface area contributed by atoms with E-state index in [1.165, 1.54) is 13.8 Å². The molecule has 3 aromatic carbocycles. The van der Waals surface area contributed by atoms with Crippen molar-refractivity contribution in [2.45, 2.75) is 113 Å². The third-order valence-electron chi connectivity index (χ3n) is 11.9. The summed E-state index contributed by atoms with van der Waals surface area (Å²) in [4.78, 5) is 103. The lowest BCUT2D eigenvalue weighted by molar-refractivity contribution is -0.136. The minimum Gasteiger partial charge on any atom is -0.394 e. The van der Waals surface area contributed by atoms with Crippen LogP contribution in [-0.2, 0) is 52.8 Å². The third-order valence-corrected chi connectivity index (χ3v) is 14.3. The summed E-state index contributed by atoms with van der Waals surface area (Å²) in [6.45, 7) is 2.23. The highest BCUT2D eigenvalue weighted by atomic mass is 33.1. The maximum atomic E-state index is 14.7. The Balaban J connectivity index is 1.56. The molecule has 2 unspecified atom stereocenters. The van der Waals surface area contributed by atoms with Crippen molar-refractivity contribution in [2.24, 2.45) is 11.5 Å². The molecule has 1 saturated heterocycles. The lowest BCUT2D eigenvalue weighted by Gasteiger charge is -2.29. The van der Waals surface area contributed by atoms with Crippen LogP contribution < -0.4 is 48.7 Å². The summed E-state index contributed by atoms with van der Waals surface area (Å²) >= 11 is 0. The van der Waals surface area contributed by atoms with Crippen LogP contribution in [0.2, 0.25) is 0 Å². The van der Waals surface area contributed by atoms with Crippen molar-refractivity contribution in [3.05, 3.63) is 108 Å². The van der Waals surface area contributed by atoms with Crippen LogP contribution in [0.1, 0.15) is 49.8 Å². The molecule has 0 saturated carbocycles. The lowest BCUT2D eigenvalue weighted by atomic mass is 10.0. The second-order valence-corrected chi connectivity index (χ2v) is 20.0. The van der Waals surface area contributed by atoms with Gasteiger partial charge in [0.15, 0.2) is 0 Å². The van der Waals surface area contributed by atoms with E-state index in [9.17, 15) is 48.9 Å². The van der Waals surface area contributed by atoms with Crippen LogP contribution in [0, 0.1) is 0 Å². The van der Waals surface area contributed by atoms with Crippen molar-refractivity contribution in [3.8, 4) is 0 Å². The Morgan fingerprint density at radius 1 is 0.718 bits per heavy atom. The number of aliphatic hydroxyl groups is 3. The number of H-pyrrole nitrogens is 1. The number of fused-ring (bicyclic) bond motifs is 1. The minimum absolute atomic E-state index is 0.0340. The number of aliphatic hydroxyl groups excluding tert-OH is 3. The Morgan fingerprint density at radius 2 is 1.31 bits per heavy atom. The summed E-state index contributed by atoms with van der Waals surface area (Å²) in [5.41, 5.74) is 15.0. The van der Waals surface area contributed by atoms with Crippen LogP contribution in [0.25, 0.3) is 10.9 Å². The van der Waals surface area contributed by atoms with Crippen LogP contribution in [0.4, 0.5) is 0 Å². The molecular weight excluding hydrogens is 953 g/mol. The van der Waals surface area contributed by atoms with Gasteiger partial charge in [0.25, 0.3) is 0 Å². The maximum absolute atomic E-state index is 14.7. The summed E-state index contributed by atoms with van der Waals surface area (Å²) in [5.74, 6) is -6.01. The van der Waals surface area contributed by atoms with Gasteiger partial charge in [-0.05, 0) is 68.8 Å². The largest absolute Gasteiger partial charge is 0.394 e. The SMILES string of the molecule is CC(O)C(CO)NC(=O)[C@@H]1CSSC[C@@H](NC(=O)[C@H](N)Cc2ccccc2)C(=O)N[C@H](Cc2ccccc2)C(=O)N[C@@H](Cc2c[nH]c3ccccc23)C(=O)N[C@H](CCCCN)C(=O)N[C@H]([C@@H](C)O)C(=O)N1. The Hall–Kier alpha value is -6.01. The van der Waals surface area contributed by atoms with E-state index in [2.05, 4.69) is 42.2 Å². The van der Waals surface area contributed by atoms with E-state index in [0.717, 1.165) is 38.1 Å². The smallest absolute Gasteiger partial charge is 0.245 e. The van der Waals surface area contributed by atoms with Crippen LogP contribution in [0.15, 0.2) is 91.1 Å². The van der Waals surface area contributed by atoms with E-state index >= 15 is 0 Å². The van der Waals surface area contributed by atoms with Crippen molar-refractivity contribution in [1.29, 1.82) is 0 Å². The second kappa shape index (κ2) is 28.1. The number of carbonyl (C=O) groups is 7. The van der Waals surface area contributed by atoms with Gasteiger partial charge in [-0.1, -0.05) is 100 Å². The third kappa shape index (κ3) is 17.1. The molecule has 0 aliphatic carbocycles. The molecule has 10 atom stereocenters. The standard InChI is InChI=1S/C49H66N10O10S2/c1-28(61)39(25-60)56-48(68)41-27-71-70-26-40(57-43(63)34(51)21-30-13-5-3-6-14-30)47(67)54-37(22-31-15-7-4-8-16-31)45(65)55-38(23-32-24-52-35-18-10-9-17-33(32)35)46(66)53-36(19-11-12-20-50)44(64)59-42(29(2)62)49(69)58-41/h3-10,13-18,24,28-29,34,36-42,52,60-62H,11-12,19-23,25-27,50-51H2,1-2H3,(H,53,66)(H,54,67)(H,55,65)(H,56,68)(H,57,63)(H,58,69)(H,59,64)/t28?,29-,34-,36-,37-,38+,39?,40-,41+,42-/m1/s1. The average molecular weight is 1020 g/mol. The number of hydrogen-bond donors (Lipinski definition) is 13. The summed E-state index contributed by atoms with van der Waals surface area (Å²) in [6.07, 6.45) is -0.156. The maximum Gasteiger partial charge on any atom is 0.245 e. The quantitative estimate of drug-likeness (QED) is 0.0455. The fourth-order valence-electron chi connectivity index (χ4n) is 7.73. The van der Waals surface area contributed by atoms with E-state index in [1.807, 2.05) is 30.3 Å². The number of carbonyl (C=O) groups excluding carboxylic acids is 7. The zero-order valence-electron chi connectivity index (χ0n) is 39.7. The molecule has 71 heavy (non-hydrogen) atoms. The molecular formula is C49H66N10O10S2. The highest BCUT2D eigenvalue weighted by Gasteiger charge is 2.36. The number of para-hydroxylation sites is 1. The van der Waals surface area contributed by atoms with E-state index in [4.69, 9.17) is 11.5 Å². The van der Waals surface area contributed by atoms with Crippen molar-refractivity contribution in [2.75, 3.05) is 24.7 Å². The molecule has 22 heteroatoms. The Bertz CT molecular complexity index is 2400. The minimum atomic E-state index is -1.66. The summed E-state index contributed by atoms with van der Waals surface area (Å²) < 4.78 is 0. The summed E-state index contributed by atoms with van der Waals surface area (Å²) in [5, 5.41) is 50.5. The van der Waals surface area contributed by atoms with Gasteiger partial charge in [-0.15, -0.1) is 0 Å². The molecule has 0 radical (unpaired) electrons. The van der Waals surface area contributed by atoms with E-state index < -0.39 is 108 Å². The molecule has 1 aliphatic heterocycles. The number of nitrogens with two attached hydrogens (primary N) is 2. The van der Waals surface area contributed by atoms with Gasteiger partial charge in [-0.3, -0.25) is 33.6 Å². The molecule has 15 N–H and O–H groups in total. The summed E-state index contributed by atoms with van der Waals surface area (Å²) in [7, 11) is 2.06. The number of unbranched alkanes of at least 4 members (excludes halogenated alkanes) is 1. The lowest BCUT2D eigenvalue weighted by Crippen LogP contribution is -2.62. The zero-order chi connectivity index (χ0) is 51.5. The predicted molar refractivity (Wildman–Crippen MR) is 272 cm³/mol. The van der Waals surface area contributed by atoms with Crippen molar-refractivity contribution < 1.29 is 48.9 Å². The van der Waals surface area contributed by atoms with Gasteiger partial charge < -0.3 is 69.0 Å². The first-order valence-electron chi connectivity index (χ1n) is 23.5. The van der Waals surface area contributed by atoms with Gasteiger partial charge in [-0.25, -0.2) is 0 Å². The van der Waals surface area contributed by atoms with Gasteiger partial charge >= 0.3 is 0 Å². The average Bonchev–Trinajstić information content (AvgIpc) is 3.76. The number of aromatic amines is 1. The normalized spacial score (nSPS) is 22.8. The number of rotatable bonds is 17. The van der Waals surface area contributed by atoms with Crippen molar-refractivity contribution >= 4 is 73.8 Å². The molecule has 5 rings (SSSR count). The number of aromatic nitrogens is 1. The topological polar surface area (TPSA) is 332 Å². The van der Waals surface area contributed by atoms with Crippen molar-refractivity contribution in [3.63, 3.8) is 0 Å². The van der Waals surface area contributed by atoms with Crippen LogP contribution in [-0.4, -0.2) is 147 Å². The molecule has 1 fully saturated rings. The van der Waals surface area contributed by atoms with E-state index in [0.29, 0.717) is 24.0 Å². The van der Waals surface area contributed by atoms with Gasteiger partial charge in [0.05, 0.1) is 30.9 Å². The van der Waals surface area contributed by atoms with Gasteiger partial charge in [-0.2, -0.15) is 0 Å². The monoisotopic (exact) mass is 1020 g/mol. The fraction of sp³-hybridized carbons (Fsp3) is 0.449. The zero-order valence-corrected chi connectivity index (χ0v) is 41.3. The highest BCUT2D eigenvalue weighted by Crippen LogP contribution is 2.24. The molecule has 4 aromatic rings. The molecule has 1 aliphatic rings. The van der Waals surface area contributed by atoms with Crippen LogP contribution in [0.5, 0.6) is 0 Å². The van der Waals surface area contributed by atoms with Gasteiger partial charge in [0.2, 0.25) is 41.4 Å². The molecule has 1 aromatic heterocycles. The molecule has 7 amide bonds. The van der Waals surface area contributed by atoms with Crippen LogP contribution in [0.3, 0.4) is 0 Å². The number of nitrogens with one attached hydrogen (secondary N) is 8. The Kier molecular flexibility index (Phi) is 22.2. The van der Waals surface area contributed by atoms with Gasteiger partial charge in [0, 0.05) is 41.4 Å². The number of hydrogen-bond acceptors (Lipinski definition) is 14. The Morgan fingerprint density at radius 3 is 1.96 bits per heavy atom. The number of benzene rings is 3. The first kappa shape index (κ1) is 55.9. The van der Waals surface area contributed by atoms with Gasteiger partial charge in [0.1, 0.15) is 36.3 Å². The fourth-order valence-corrected chi connectivity index (χ4v) is 10.1. The van der Waals surface area contributed by atoms with E-state index in [-0.39, 0.29) is 43.7 Å². The van der Waals surface area contributed by atoms with Crippen molar-refractivity contribution in [1.82, 2.24) is 42.2 Å². The first-order chi connectivity index (χ1) is 34.1. The molecule has 20 nitrogen and oxygen atoms in total. The second-order valence-electron chi connectivity index (χ2n) is 17.5. The molecule has 2 heterocycles. The highest BCUT2D eigenvalue weighted by molar-refractivity contribution is 8.76. The number of amides is 7. The molecule has 0 spiro atoms. The first-order valence-corrected chi connectivity index (χ1v) is 26.0. The van der Waals surface area contributed by atoms with Crippen LogP contribution >= 0.6 is 21.6 Å².